The minimum Gasteiger partial charge on any atom is -0.378 e. The van der Waals surface area contributed by atoms with Gasteiger partial charge in [-0.15, -0.1) is 0 Å². The number of ether oxygens (including phenoxy) is 1. The summed E-state index contributed by atoms with van der Waals surface area (Å²) in [6.07, 6.45) is 1.66. The van der Waals surface area contributed by atoms with Crippen LogP contribution in [0.2, 0.25) is 0 Å². The zero-order valence-electron chi connectivity index (χ0n) is 16.8. The lowest BCUT2D eigenvalue weighted by Gasteiger charge is -2.27. The van der Waals surface area contributed by atoms with Crippen molar-refractivity contribution in [3.63, 3.8) is 0 Å². The van der Waals surface area contributed by atoms with Crippen molar-refractivity contribution in [1.29, 1.82) is 0 Å². The Hall–Kier alpha value is -3.64. The van der Waals surface area contributed by atoms with E-state index in [1.807, 2.05) is 29.2 Å². The largest absolute Gasteiger partial charge is 0.378 e. The highest BCUT2D eigenvalue weighted by atomic mass is 79.9. The summed E-state index contributed by atoms with van der Waals surface area (Å²) in [7, 11) is 0. The van der Waals surface area contributed by atoms with Gasteiger partial charge in [0.1, 0.15) is 0 Å². The molecule has 11 nitrogen and oxygen atoms in total. The number of anilines is 4. The third-order valence-corrected chi connectivity index (χ3v) is 5.25. The van der Waals surface area contributed by atoms with E-state index in [2.05, 4.69) is 46.7 Å². The highest BCUT2D eigenvalue weighted by Gasteiger charge is 2.17. The average Bonchev–Trinajstić information content (AvgIpc) is 2.81. The Balaban J connectivity index is 1.57. The average molecular weight is 499 g/mol. The molecule has 0 bridgehead atoms. The van der Waals surface area contributed by atoms with Crippen molar-refractivity contribution in [3.05, 3.63) is 68.7 Å². The van der Waals surface area contributed by atoms with Crippen LogP contribution in [0.3, 0.4) is 0 Å². The Morgan fingerprint density at radius 3 is 2.50 bits per heavy atom. The summed E-state index contributed by atoms with van der Waals surface area (Å²) in [5.41, 5.74) is 4.36. The van der Waals surface area contributed by atoms with Gasteiger partial charge >= 0.3 is 0 Å². The van der Waals surface area contributed by atoms with Crippen molar-refractivity contribution in [2.24, 2.45) is 5.10 Å². The number of aromatic nitrogens is 3. The van der Waals surface area contributed by atoms with E-state index in [0.717, 1.165) is 10.0 Å². The first kappa shape index (κ1) is 21.6. The van der Waals surface area contributed by atoms with E-state index in [0.29, 0.717) is 37.9 Å². The number of hydrogen-bond donors (Lipinski definition) is 2. The van der Waals surface area contributed by atoms with Crippen LogP contribution in [0.25, 0.3) is 0 Å². The van der Waals surface area contributed by atoms with Gasteiger partial charge in [-0.05, 0) is 18.2 Å². The van der Waals surface area contributed by atoms with Crippen LogP contribution in [0, 0.1) is 10.1 Å². The van der Waals surface area contributed by atoms with E-state index in [4.69, 9.17) is 4.74 Å². The molecule has 0 radical (unpaired) electrons. The van der Waals surface area contributed by atoms with Crippen molar-refractivity contribution in [2.45, 2.75) is 0 Å². The molecule has 1 aromatic heterocycles. The number of nitrogens with zero attached hydrogens (tertiary/aromatic N) is 6. The molecule has 1 fully saturated rings. The monoisotopic (exact) mass is 498 g/mol. The minimum atomic E-state index is -0.450. The van der Waals surface area contributed by atoms with E-state index in [9.17, 15) is 10.1 Å². The summed E-state index contributed by atoms with van der Waals surface area (Å²) in [5.74, 6) is 1.02. The van der Waals surface area contributed by atoms with Crippen molar-refractivity contribution in [3.8, 4) is 0 Å². The van der Waals surface area contributed by atoms with Crippen molar-refractivity contribution in [2.75, 3.05) is 41.9 Å². The summed E-state index contributed by atoms with van der Waals surface area (Å²) in [6, 6.07) is 13.7. The van der Waals surface area contributed by atoms with Gasteiger partial charge in [0.15, 0.2) is 0 Å². The summed E-state index contributed by atoms with van der Waals surface area (Å²) in [6.45, 7) is 2.47. The van der Waals surface area contributed by atoms with Gasteiger partial charge in [0, 0.05) is 40.9 Å². The Kier molecular flexibility index (Phi) is 6.82. The maximum absolute atomic E-state index is 10.9. The summed E-state index contributed by atoms with van der Waals surface area (Å²) in [5, 5.41) is 18.2. The van der Waals surface area contributed by atoms with Crippen LogP contribution in [0.4, 0.5) is 29.2 Å². The van der Waals surface area contributed by atoms with Gasteiger partial charge in [0.2, 0.25) is 17.8 Å². The first-order valence-electron chi connectivity index (χ1n) is 9.72. The molecule has 1 aliphatic rings. The Morgan fingerprint density at radius 1 is 1.06 bits per heavy atom. The van der Waals surface area contributed by atoms with Crippen LogP contribution in [0.15, 0.2) is 58.1 Å². The van der Waals surface area contributed by atoms with Crippen LogP contribution in [0.5, 0.6) is 0 Å². The molecular weight excluding hydrogens is 480 g/mol. The zero-order valence-corrected chi connectivity index (χ0v) is 18.4. The summed E-state index contributed by atoms with van der Waals surface area (Å²) >= 11 is 3.48. The third kappa shape index (κ3) is 5.53. The van der Waals surface area contributed by atoms with E-state index in [1.165, 1.54) is 12.1 Å². The molecule has 12 heteroatoms. The van der Waals surface area contributed by atoms with Crippen LogP contribution in [-0.4, -0.2) is 52.4 Å². The lowest BCUT2D eigenvalue weighted by molar-refractivity contribution is -0.384. The molecule has 3 aromatic rings. The standard InChI is InChI=1S/C20H19BrN8O3/c21-17-4-2-1-3-14(17)13-22-27-19-24-18(23-15-5-7-16(8-6-15)29(30)31)25-20(26-19)28-9-11-32-12-10-28/h1-8,13H,9-12H2,(H2,23,24,25,26,27)/b22-13+. The first-order chi connectivity index (χ1) is 15.6. The molecule has 1 saturated heterocycles. The van der Waals surface area contributed by atoms with Gasteiger partial charge in [-0.25, -0.2) is 5.43 Å². The fourth-order valence-corrected chi connectivity index (χ4v) is 3.30. The van der Waals surface area contributed by atoms with Gasteiger partial charge < -0.3 is 15.0 Å². The van der Waals surface area contributed by atoms with E-state index in [-0.39, 0.29) is 17.6 Å². The number of nitro benzene ring substituents is 1. The van der Waals surface area contributed by atoms with E-state index in [1.54, 1.807) is 18.3 Å². The van der Waals surface area contributed by atoms with E-state index >= 15 is 0 Å². The van der Waals surface area contributed by atoms with Crippen molar-refractivity contribution in [1.82, 2.24) is 15.0 Å². The molecule has 0 atom stereocenters. The van der Waals surface area contributed by atoms with E-state index < -0.39 is 4.92 Å². The summed E-state index contributed by atoms with van der Waals surface area (Å²) in [4.78, 5) is 25.8. The molecular formula is C20H19BrN8O3. The van der Waals surface area contributed by atoms with Crippen LogP contribution in [-0.2, 0) is 4.74 Å². The van der Waals surface area contributed by atoms with Gasteiger partial charge in [-0.2, -0.15) is 20.1 Å². The van der Waals surface area contributed by atoms with Gasteiger partial charge in [0.25, 0.3) is 5.69 Å². The molecule has 164 valence electrons. The second kappa shape index (κ2) is 10.1. The maximum atomic E-state index is 10.9. The quantitative estimate of drug-likeness (QED) is 0.285. The lowest BCUT2D eigenvalue weighted by atomic mass is 10.2. The fraction of sp³-hybridized carbons (Fsp3) is 0.200. The Morgan fingerprint density at radius 2 is 1.78 bits per heavy atom. The van der Waals surface area contributed by atoms with Crippen molar-refractivity contribution >= 4 is 51.4 Å². The highest BCUT2D eigenvalue weighted by Crippen LogP contribution is 2.21. The van der Waals surface area contributed by atoms with Crippen LogP contribution >= 0.6 is 15.9 Å². The number of hydrazone groups is 1. The lowest BCUT2D eigenvalue weighted by Crippen LogP contribution is -2.37. The topological polar surface area (TPSA) is 131 Å². The number of nitrogens with one attached hydrogen (secondary N) is 2. The highest BCUT2D eigenvalue weighted by molar-refractivity contribution is 9.10. The molecule has 0 aliphatic carbocycles. The predicted molar refractivity (Wildman–Crippen MR) is 125 cm³/mol. The third-order valence-electron chi connectivity index (χ3n) is 4.53. The molecule has 0 saturated carbocycles. The minimum absolute atomic E-state index is 0.00367. The fourth-order valence-electron chi connectivity index (χ4n) is 2.91. The maximum Gasteiger partial charge on any atom is 0.269 e. The van der Waals surface area contributed by atoms with Crippen LogP contribution in [0.1, 0.15) is 5.56 Å². The van der Waals surface area contributed by atoms with Gasteiger partial charge in [0.05, 0.1) is 24.4 Å². The number of rotatable bonds is 7. The van der Waals surface area contributed by atoms with Crippen LogP contribution < -0.4 is 15.6 Å². The predicted octanol–water partition coefficient (Wildman–Crippen LogP) is 3.57. The molecule has 0 unspecified atom stereocenters. The molecule has 0 spiro atoms. The van der Waals surface area contributed by atoms with Gasteiger partial charge in [-0.1, -0.05) is 34.1 Å². The number of hydrogen-bond acceptors (Lipinski definition) is 10. The van der Waals surface area contributed by atoms with Gasteiger partial charge in [-0.3, -0.25) is 10.1 Å². The molecule has 1 aliphatic heterocycles. The first-order valence-corrected chi connectivity index (χ1v) is 10.5. The van der Waals surface area contributed by atoms with Crippen molar-refractivity contribution < 1.29 is 9.66 Å². The number of nitro groups is 1. The normalized spacial score (nSPS) is 13.8. The SMILES string of the molecule is O=[N+]([O-])c1ccc(Nc2nc(N/N=C/c3ccccc3Br)nc(N3CCOCC3)n2)cc1. The Bertz CT molecular complexity index is 1120. The molecule has 2 heterocycles. The molecule has 2 N–H and O–H groups in total. The molecule has 32 heavy (non-hydrogen) atoms. The number of benzene rings is 2. The smallest absolute Gasteiger partial charge is 0.269 e. The molecule has 4 rings (SSSR count). The number of morpholine rings is 1. The molecule has 0 amide bonds. The Labute approximate surface area is 191 Å². The number of non-ortho nitro benzene ring substituents is 1. The zero-order chi connectivity index (χ0) is 22.3. The summed E-state index contributed by atoms with van der Waals surface area (Å²) < 4.78 is 6.32. The second-order valence-corrected chi connectivity index (χ2v) is 7.56. The second-order valence-electron chi connectivity index (χ2n) is 6.70. The number of halogens is 1. The molecule has 2 aromatic carbocycles.